The molecule has 0 unspecified atom stereocenters. The van der Waals surface area contributed by atoms with Crippen LogP contribution >= 0.6 is 11.3 Å². The van der Waals surface area contributed by atoms with Crippen LogP contribution in [0, 0.1) is 6.92 Å². The van der Waals surface area contributed by atoms with Gasteiger partial charge in [-0.05, 0) is 36.6 Å². The lowest BCUT2D eigenvalue weighted by molar-refractivity contribution is -0.111. The van der Waals surface area contributed by atoms with Crippen molar-refractivity contribution in [2.45, 2.75) is 26.7 Å². The van der Waals surface area contributed by atoms with Gasteiger partial charge in [-0.25, -0.2) is 4.98 Å². The molecule has 4 heteroatoms. The Morgan fingerprint density at radius 1 is 1.30 bits per heavy atom. The molecule has 1 aromatic heterocycles. The fraction of sp³-hybridized carbons (Fsp3) is 0.250. The summed E-state index contributed by atoms with van der Waals surface area (Å²) in [6.45, 7) is 6.23. The minimum absolute atomic E-state index is 0.145. The zero-order chi connectivity index (χ0) is 14.5. The summed E-state index contributed by atoms with van der Waals surface area (Å²) in [4.78, 5) is 16.1. The van der Waals surface area contributed by atoms with E-state index in [4.69, 9.17) is 0 Å². The first kappa shape index (κ1) is 14.5. The summed E-state index contributed by atoms with van der Waals surface area (Å²) in [5, 5.41) is 5.76. The van der Waals surface area contributed by atoms with Gasteiger partial charge in [0.1, 0.15) is 0 Å². The van der Waals surface area contributed by atoms with Gasteiger partial charge in [0.15, 0.2) is 0 Å². The molecule has 0 saturated carbocycles. The Morgan fingerprint density at radius 3 is 2.55 bits per heavy atom. The van der Waals surface area contributed by atoms with E-state index in [0.717, 1.165) is 16.4 Å². The van der Waals surface area contributed by atoms with Crippen molar-refractivity contribution in [3.05, 3.63) is 52.0 Å². The highest BCUT2D eigenvalue weighted by Gasteiger charge is 2.01. The Hall–Kier alpha value is -1.94. The van der Waals surface area contributed by atoms with E-state index in [9.17, 15) is 4.79 Å². The largest absolute Gasteiger partial charge is 0.323 e. The SMILES string of the molecule is Cc1nc(/C=C/C(=O)Nc2ccc(C(C)C)cc2)cs1. The number of hydrogen-bond acceptors (Lipinski definition) is 3. The highest BCUT2D eigenvalue weighted by atomic mass is 32.1. The van der Waals surface area contributed by atoms with E-state index in [0.29, 0.717) is 5.92 Å². The van der Waals surface area contributed by atoms with Crippen LogP contribution in [0.15, 0.2) is 35.7 Å². The van der Waals surface area contributed by atoms with Crippen molar-refractivity contribution in [1.29, 1.82) is 0 Å². The molecule has 1 aromatic carbocycles. The second-order valence-electron chi connectivity index (χ2n) is 4.89. The second kappa shape index (κ2) is 6.48. The van der Waals surface area contributed by atoms with Gasteiger partial charge in [-0.2, -0.15) is 0 Å². The maximum atomic E-state index is 11.8. The van der Waals surface area contributed by atoms with E-state index in [-0.39, 0.29) is 5.91 Å². The summed E-state index contributed by atoms with van der Waals surface area (Å²) in [7, 11) is 0. The van der Waals surface area contributed by atoms with E-state index < -0.39 is 0 Å². The number of rotatable bonds is 4. The molecular weight excluding hydrogens is 268 g/mol. The first-order chi connectivity index (χ1) is 9.54. The molecule has 1 N–H and O–H groups in total. The van der Waals surface area contributed by atoms with Gasteiger partial charge in [-0.15, -0.1) is 11.3 Å². The molecule has 104 valence electrons. The van der Waals surface area contributed by atoms with Crippen molar-refractivity contribution in [1.82, 2.24) is 4.98 Å². The lowest BCUT2D eigenvalue weighted by Crippen LogP contribution is -2.07. The summed E-state index contributed by atoms with van der Waals surface area (Å²) in [6.07, 6.45) is 3.23. The van der Waals surface area contributed by atoms with Gasteiger partial charge in [0, 0.05) is 17.1 Å². The third-order valence-electron chi connectivity index (χ3n) is 2.89. The molecule has 0 bridgehead atoms. The topological polar surface area (TPSA) is 42.0 Å². The van der Waals surface area contributed by atoms with Crippen LogP contribution in [0.1, 0.15) is 36.0 Å². The molecule has 0 aliphatic heterocycles. The van der Waals surface area contributed by atoms with Crippen molar-refractivity contribution in [3.8, 4) is 0 Å². The number of benzene rings is 1. The Balaban J connectivity index is 1.95. The van der Waals surface area contributed by atoms with Crippen LogP contribution in [0.25, 0.3) is 6.08 Å². The second-order valence-corrected chi connectivity index (χ2v) is 5.95. The minimum atomic E-state index is -0.145. The first-order valence-corrected chi connectivity index (χ1v) is 7.43. The Bertz CT molecular complexity index is 612. The number of carbonyl (C=O) groups excluding carboxylic acids is 1. The molecule has 0 fully saturated rings. The standard InChI is InChI=1S/C16H18N2OS/c1-11(2)13-4-6-14(7-5-13)18-16(19)9-8-15-10-20-12(3)17-15/h4-11H,1-3H3,(H,18,19)/b9-8+. The lowest BCUT2D eigenvalue weighted by atomic mass is 10.0. The molecule has 0 aliphatic carbocycles. The number of nitrogens with one attached hydrogen (secondary N) is 1. The van der Waals surface area contributed by atoms with Gasteiger partial charge in [0.2, 0.25) is 5.91 Å². The molecule has 0 aliphatic rings. The van der Waals surface area contributed by atoms with E-state index in [2.05, 4.69) is 24.1 Å². The summed E-state index contributed by atoms with van der Waals surface area (Å²) >= 11 is 1.57. The van der Waals surface area contributed by atoms with E-state index in [1.54, 1.807) is 17.4 Å². The van der Waals surface area contributed by atoms with Gasteiger partial charge in [0.05, 0.1) is 10.7 Å². The number of thiazole rings is 1. The number of hydrogen-bond donors (Lipinski definition) is 1. The molecule has 2 aromatic rings. The highest BCUT2D eigenvalue weighted by molar-refractivity contribution is 7.09. The van der Waals surface area contributed by atoms with E-state index >= 15 is 0 Å². The average molecular weight is 286 g/mol. The van der Waals surface area contributed by atoms with E-state index in [1.807, 2.05) is 36.6 Å². The average Bonchev–Trinajstić information content (AvgIpc) is 2.83. The summed E-state index contributed by atoms with van der Waals surface area (Å²) in [6, 6.07) is 7.92. The van der Waals surface area contributed by atoms with E-state index in [1.165, 1.54) is 11.6 Å². The van der Waals surface area contributed by atoms with Crippen LogP contribution in [0.3, 0.4) is 0 Å². The summed E-state index contributed by atoms with van der Waals surface area (Å²) < 4.78 is 0. The van der Waals surface area contributed by atoms with Crippen molar-refractivity contribution in [2.75, 3.05) is 5.32 Å². The number of carbonyl (C=O) groups is 1. The molecule has 1 heterocycles. The Kier molecular flexibility index (Phi) is 4.69. The smallest absolute Gasteiger partial charge is 0.248 e. The predicted octanol–water partition coefficient (Wildman–Crippen LogP) is 4.23. The molecule has 0 atom stereocenters. The number of anilines is 1. The third kappa shape index (κ3) is 4.03. The van der Waals surface area contributed by atoms with Gasteiger partial charge in [-0.1, -0.05) is 26.0 Å². The zero-order valence-corrected chi connectivity index (χ0v) is 12.7. The van der Waals surface area contributed by atoms with Gasteiger partial charge < -0.3 is 5.32 Å². The quantitative estimate of drug-likeness (QED) is 0.855. The normalized spacial score (nSPS) is 11.2. The molecule has 3 nitrogen and oxygen atoms in total. The molecule has 20 heavy (non-hydrogen) atoms. The van der Waals surface area contributed by atoms with Crippen LogP contribution in [-0.4, -0.2) is 10.9 Å². The van der Waals surface area contributed by atoms with Crippen LogP contribution in [0.4, 0.5) is 5.69 Å². The number of aryl methyl sites for hydroxylation is 1. The van der Waals surface area contributed by atoms with Gasteiger partial charge >= 0.3 is 0 Å². The molecule has 1 amide bonds. The zero-order valence-electron chi connectivity index (χ0n) is 11.9. The molecule has 0 spiro atoms. The van der Waals surface area contributed by atoms with Crippen molar-refractivity contribution >= 4 is 29.0 Å². The van der Waals surface area contributed by atoms with Gasteiger partial charge in [0.25, 0.3) is 0 Å². The molecule has 2 rings (SSSR count). The maximum Gasteiger partial charge on any atom is 0.248 e. The fourth-order valence-electron chi connectivity index (χ4n) is 1.75. The number of amides is 1. The van der Waals surface area contributed by atoms with Crippen LogP contribution in [0.2, 0.25) is 0 Å². The van der Waals surface area contributed by atoms with Crippen molar-refractivity contribution in [3.63, 3.8) is 0 Å². The summed E-state index contributed by atoms with van der Waals surface area (Å²) in [5.74, 6) is 0.348. The molecule has 0 saturated heterocycles. The third-order valence-corrected chi connectivity index (χ3v) is 3.68. The number of aromatic nitrogens is 1. The van der Waals surface area contributed by atoms with Crippen molar-refractivity contribution < 1.29 is 4.79 Å². The van der Waals surface area contributed by atoms with Crippen LogP contribution < -0.4 is 5.32 Å². The van der Waals surface area contributed by atoms with Crippen LogP contribution in [-0.2, 0) is 4.79 Å². The van der Waals surface area contributed by atoms with Crippen molar-refractivity contribution in [2.24, 2.45) is 0 Å². The lowest BCUT2D eigenvalue weighted by Gasteiger charge is -2.07. The van der Waals surface area contributed by atoms with Crippen LogP contribution in [0.5, 0.6) is 0 Å². The fourth-order valence-corrected chi connectivity index (χ4v) is 2.33. The Morgan fingerprint density at radius 2 is 2.00 bits per heavy atom. The highest BCUT2D eigenvalue weighted by Crippen LogP contribution is 2.17. The predicted molar refractivity (Wildman–Crippen MR) is 85.0 cm³/mol. The Labute approximate surface area is 123 Å². The monoisotopic (exact) mass is 286 g/mol. The first-order valence-electron chi connectivity index (χ1n) is 6.56. The number of nitrogens with zero attached hydrogens (tertiary/aromatic N) is 1. The molecule has 0 radical (unpaired) electrons. The van der Waals surface area contributed by atoms with Gasteiger partial charge in [-0.3, -0.25) is 4.79 Å². The molecular formula is C16H18N2OS. The summed E-state index contributed by atoms with van der Waals surface area (Å²) in [5.41, 5.74) is 2.88. The minimum Gasteiger partial charge on any atom is -0.323 e. The maximum absolute atomic E-state index is 11.8.